The van der Waals surface area contributed by atoms with E-state index in [0.29, 0.717) is 23.8 Å². The molecule has 2 atom stereocenters. The maximum absolute atomic E-state index is 11.1. The Morgan fingerprint density at radius 3 is 2.70 bits per heavy atom. The Morgan fingerprint density at radius 2 is 2.03 bits per heavy atom. The molecule has 2 aliphatic heterocycles. The van der Waals surface area contributed by atoms with Gasteiger partial charge in [-0.3, -0.25) is 14.8 Å². The highest BCUT2D eigenvalue weighted by Gasteiger charge is 2.44. The Labute approximate surface area is 172 Å². The van der Waals surface area contributed by atoms with Crippen LogP contribution in [0.2, 0.25) is 0 Å². The first-order chi connectivity index (χ1) is 14.5. The van der Waals surface area contributed by atoms with Crippen LogP contribution in [0.3, 0.4) is 0 Å². The Balaban J connectivity index is 1.43. The molecule has 0 radical (unpaired) electrons. The van der Waals surface area contributed by atoms with E-state index in [2.05, 4.69) is 26.0 Å². The minimum Gasteiger partial charge on any atom is -0.364 e. The van der Waals surface area contributed by atoms with Crippen molar-refractivity contribution in [3.63, 3.8) is 0 Å². The van der Waals surface area contributed by atoms with Gasteiger partial charge in [-0.25, -0.2) is 9.97 Å². The molecule has 0 unspecified atom stereocenters. The number of anilines is 2. The number of non-ortho nitro benzene ring substituents is 1. The molecule has 4 heterocycles. The lowest BCUT2D eigenvalue weighted by Crippen LogP contribution is -2.47. The number of nitrogens with zero attached hydrogens (tertiary/aromatic N) is 8. The van der Waals surface area contributed by atoms with Crippen molar-refractivity contribution in [1.29, 1.82) is 5.26 Å². The van der Waals surface area contributed by atoms with Gasteiger partial charge in [0.1, 0.15) is 11.6 Å². The number of benzene rings is 1. The van der Waals surface area contributed by atoms with Gasteiger partial charge in [0.15, 0.2) is 11.6 Å². The molecule has 0 saturated carbocycles. The SMILES string of the molecule is Cn1cc(-c2ncc(C#N)c(N3C[C@H]4C[C@H]3CN4c3cccc([N+](=O)[O-])c3)n2)cn1. The van der Waals surface area contributed by atoms with Crippen LogP contribution in [-0.2, 0) is 7.05 Å². The first kappa shape index (κ1) is 18.1. The molecular formula is C20H18N8O2. The van der Waals surface area contributed by atoms with Gasteiger partial charge in [0.25, 0.3) is 5.69 Å². The summed E-state index contributed by atoms with van der Waals surface area (Å²) in [5, 5.41) is 24.9. The molecular weight excluding hydrogens is 384 g/mol. The van der Waals surface area contributed by atoms with Crippen molar-refractivity contribution in [1.82, 2.24) is 19.7 Å². The third-order valence-corrected chi connectivity index (χ3v) is 5.74. The van der Waals surface area contributed by atoms with Crippen LogP contribution < -0.4 is 9.80 Å². The number of piperazine rings is 1. The topological polar surface area (TPSA) is 117 Å². The molecule has 150 valence electrons. The van der Waals surface area contributed by atoms with Gasteiger partial charge >= 0.3 is 0 Å². The van der Waals surface area contributed by atoms with Crippen LogP contribution in [0, 0.1) is 21.4 Å². The number of rotatable bonds is 4. The summed E-state index contributed by atoms with van der Waals surface area (Å²) in [4.78, 5) is 24.1. The van der Waals surface area contributed by atoms with Crippen LogP contribution in [0.15, 0.2) is 42.9 Å². The Morgan fingerprint density at radius 1 is 1.23 bits per heavy atom. The quantitative estimate of drug-likeness (QED) is 0.481. The van der Waals surface area contributed by atoms with E-state index in [1.54, 1.807) is 29.2 Å². The van der Waals surface area contributed by atoms with Crippen molar-refractivity contribution in [2.45, 2.75) is 18.5 Å². The zero-order valence-electron chi connectivity index (χ0n) is 16.2. The summed E-state index contributed by atoms with van der Waals surface area (Å²) in [6.07, 6.45) is 6.02. The van der Waals surface area contributed by atoms with Crippen molar-refractivity contribution >= 4 is 17.2 Å². The molecule has 2 bridgehead atoms. The Kier molecular flexibility index (Phi) is 4.10. The second kappa shape index (κ2) is 6.81. The number of aryl methyl sites for hydroxylation is 1. The zero-order valence-corrected chi connectivity index (χ0v) is 16.2. The fourth-order valence-electron chi connectivity index (χ4n) is 4.37. The van der Waals surface area contributed by atoms with E-state index in [9.17, 15) is 15.4 Å². The number of hydrogen-bond acceptors (Lipinski definition) is 8. The smallest absolute Gasteiger partial charge is 0.271 e. The molecule has 1 aromatic carbocycles. The minimum absolute atomic E-state index is 0.0933. The Bertz CT molecular complexity index is 1180. The number of aromatic nitrogens is 4. The predicted molar refractivity (Wildman–Crippen MR) is 109 cm³/mol. The van der Waals surface area contributed by atoms with Gasteiger partial charge in [0, 0.05) is 50.2 Å². The summed E-state index contributed by atoms with van der Waals surface area (Å²) in [6.45, 7) is 1.43. The summed E-state index contributed by atoms with van der Waals surface area (Å²) in [6, 6.07) is 9.34. The van der Waals surface area contributed by atoms with Crippen molar-refractivity contribution in [2.24, 2.45) is 7.05 Å². The standard InChI is InChI=1S/C20H18N8O2/c1-25-10-14(9-23-25)19-22-8-13(7-21)20(24-19)27-12-17-6-18(27)11-26(17)15-3-2-4-16(5-15)28(29)30/h2-5,8-10,17-18H,6,11-12H2,1H3/t17-,18+/m1/s1. The van der Waals surface area contributed by atoms with Crippen molar-refractivity contribution < 1.29 is 4.92 Å². The third kappa shape index (κ3) is 2.91. The number of fused-ring (bicyclic) bond motifs is 2. The molecule has 0 spiro atoms. The van der Waals surface area contributed by atoms with Gasteiger partial charge < -0.3 is 9.80 Å². The highest BCUT2D eigenvalue weighted by Crippen LogP contribution is 2.38. The first-order valence-corrected chi connectivity index (χ1v) is 9.57. The van der Waals surface area contributed by atoms with Crippen LogP contribution in [0.1, 0.15) is 12.0 Å². The fourth-order valence-corrected chi connectivity index (χ4v) is 4.37. The lowest BCUT2D eigenvalue weighted by molar-refractivity contribution is -0.384. The van der Waals surface area contributed by atoms with E-state index in [1.807, 2.05) is 19.3 Å². The summed E-state index contributed by atoms with van der Waals surface area (Å²) in [5.41, 5.74) is 2.19. The van der Waals surface area contributed by atoms with Gasteiger partial charge in [-0.05, 0) is 12.5 Å². The minimum atomic E-state index is -0.371. The molecule has 10 heteroatoms. The predicted octanol–water partition coefficient (Wildman–Crippen LogP) is 2.12. The van der Waals surface area contributed by atoms with Crippen LogP contribution >= 0.6 is 0 Å². The second-order valence-electron chi connectivity index (χ2n) is 7.57. The Hall–Kier alpha value is -4.00. The van der Waals surface area contributed by atoms with Gasteiger partial charge in [0.05, 0.1) is 28.9 Å². The molecule has 30 heavy (non-hydrogen) atoms. The molecule has 5 rings (SSSR count). The largest absolute Gasteiger partial charge is 0.364 e. The molecule has 3 aromatic rings. The van der Waals surface area contributed by atoms with Crippen LogP contribution in [0.4, 0.5) is 17.2 Å². The monoisotopic (exact) mass is 402 g/mol. The first-order valence-electron chi connectivity index (χ1n) is 9.57. The molecule has 2 aromatic heterocycles. The molecule has 0 N–H and O–H groups in total. The summed E-state index contributed by atoms with van der Waals surface area (Å²) >= 11 is 0. The zero-order chi connectivity index (χ0) is 20.8. The van der Waals surface area contributed by atoms with E-state index < -0.39 is 0 Å². The summed E-state index contributed by atoms with van der Waals surface area (Å²) in [7, 11) is 1.83. The molecule has 2 aliphatic rings. The number of nitro groups is 1. The van der Waals surface area contributed by atoms with E-state index >= 15 is 0 Å². The lowest BCUT2D eigenvalue weighted by Gasteiger charge is -2.36. The highest BCUT2D eigenvalue weighted by atomic mass is 16.6. The second-order valence-corrected chi connectivity index (χ2v) is 7.57. The van der Waals surface area contributed by atoms with Crippen molar-refractivity contribution in [3.05, 3.63) is 58.5 Å². The third-order valence-electron chi connectivity index (χ3n) is 5.74. The van der Waals surface area contributed by atoms with E-state index in [1.165, 1.54) is 6.07 Å². The summed E-state index contributed by atoms with van der Waals surface area (Å²) < 4.78 is 1.69. The number of nitriles is 1. The summed E-state index contributed by atoms with van der Waals surface area (Å²) in [5.74, 6) is 1.17. The number of hydrogen-bond donors (Lipinski definition) is 0. The van der Waals surface area contributed by atoms with Gasteiger partial charge in [-0.1, -0.05) is 6.07 Å². The normalized spacial score (nSPS) is 19.9. The van der Waals surface area contributed by atoms with Gasteiger partial charge in [-0.2, -0.15) is 10.4 Å². The van der Waals surface area contributed by atoms with Crippen LogP contribution in [-0.4, -0.2) is 49.8 Å². The molecule has 2 saturated heterocycles. The van der Waals surface area contributed by atoms with Crippen LogP contribution in [0.5, 0.6) is 0 Å². The molecule has 10 nitrogen and oxygen atoms in total. The van der Waals surface area contributed by atoms with Crippen molar-refractivity contribution in [2.75, 3.05) is 22.9 Å². The van der Waals surface area contributed by atoms with E-state index in [0.717, 1.165) is 24.2 Å². The molecule has 0 amide bonds. The van der Waals surface area contributed by atoms with E-state index in [4.69, 9.17) is 4.98 Å². The van der Waals surface area contributed by atoms with Gasteiger partial charge in [0.2, 0.25) is 0 Å². The van der Waals surface area contributed by atoms with Gasteiger partial charge in [-0.15, -0.1) is 0 Å². The molecule has 2 fully saturated rings. The average Bonchev–Trinajstić information content (AvgIpc) is 3.49. The maximum Gasteiger partial charge on any atom is 0.271 e. The van der Waals surface area contributed by atoms with Crippen molar-refractivity contribution in [3.8, 4) is 17.5 Å². The molecule has 0 aliphatic carbocycles. The maximum atomic E-state index is 11.1. The fraction of sp³-hybridized carbons (Fsp3) is 0.300. The number of nitro benzene ring substituents is 1. The average molecular weight is 402 g/mol. The van der Waals surface area contributed by atoms with E-state index in [-0.39, 0.29) is 22.7 Å². The van der Waals surface area contributed by atoms with Crippen LogP contribution in [0.25, 0.3) is 11.4 Å². The highest BCUT2D eigenvalue weighted by molar-refractivity contribution is 5.64. The lowest BCUT2D eigenvalue weighted by atomic mass is 10.2.